The number of nitrogens with one attached hydrogen (secondary N) is 2. The molecule has 2 rings (SSSR count). The van der Waals surface area contributed by atoms with Crippen LogP contribution in [0.25, 0.3) is 0 Å². The predicted molar refractivity (Wildman–Crippen MR) is 98.9 cm³/mol. The largest absolute Gasteiger partial charge is 0.459 e. The Morgan fingerprint density at radius 1 is 1.30 bits per heavy atom. The van der Waals surface area contributed by atoms with Gasteiger partial charge < -0.3 is 15.2 Å². The lowest BCUT2D eigenvalue weighted by atomic mass is 10.1. The predicted octanol–water partition coefficient (Wildman–Crippen LogP) is -1.30. The van der Waals surface area contributed by atoms with Crippen LogP contribution < -0.4 is 10.6 Å². The second-order valence-corrected chi connectivity index (χ2v) is 8.15. The Hall–Kier alpha value is -1.55. The Balaban J connectivity index is 1.73. The molecule has 9 nitrogen and oxygen atoms in total. The highest BCUT2D eigenvalue weighted by atomic mass is 16.6. The van der Waals surface area contributed by atoms with Gasteiger partial charge in [-0.05, 0) is 27.2 Å². The standard InChI is InChI=1S/C18H32N4O5/c1-18(2,3)27-16(25)11-21-6-8-22(9-7-21)13(12-23)10-19-14-4-5-15(24)20-17(14)26/h13-14,19,23H,4-12H2,1-3H3,(H,20,24,26). The van der Waals surface area contributed by atoms with Gasteiger partial charge in [-0.3, -0.25) is 29.5 Å². The van der Waals surface area contributed by atoms with Crippen LogP contribution in [0.5, 0.6) is 0 Å². The van der Waals surface area contributed by atoms with E-state index >= 15 is 0 Å². The summed E-state index contributed by atoms with van der Waals surface area (Å²) in [6, 6.07) is -0.510. The third-order valence-electron chi connectivity index (χ3n) is 4.75. The number of hydrogen-bond acceptors (Lipinski definition) is 8. The van der Waals surface area contributed by atoms with Gasteiger partial charge in [0.25, 0.3) is 0 Å². The highest BCUT2D eigenvalue weighted by Crippen LogP contribution is 2.11. The van der Waals surface area contributed by atoms with Crippen LogP contribution in [0, 0.1) is 0 Å². The van der Waals surface area contributed by atoms with E-state index in [0.29, 0.717) is 32.5 Å². The molecule has 154 valence electrons. The summed E-state index contributed by atoms with van der Waals surface area (Å²) in [5.74, 6) is -0.767. The van der Waals surface area contributed by atoms with Gasteiger partial charge in [0, 0.05) is 45.2 Å². The molecule has 2 aliphatic heterocycles. The molecular weight excluding hydrogens is 352 g/mol. The van der Waals surface area contributed by atoms with Crippen molar-refractivity contribution < 1.29 is 24.2 Å². The second-order valence-electron chi connectivity index (χ2n) is 8.15. The fourth-order valence-corrected chi connectivity index (χ4v) is 3.32. The van der Waals surface area contributed by atoms with E-state index in [4.69, 9.17) is 4.74 Å². The van der Waals surface area contributed by atoms with Crippen LogP contribution in [0.3, 0.4) is 0 Å². The molecule has 0 saturated carbocycles. The molecule has 2 heterocycles. The molecule has 2 unspecified atom stereocenters. The number of piperidine rings is 1. The van der Waals surface area contributed by atoms with Crippen molar-refractivity contribution in [1.29, 1.82) is 0 Å². The number of ether oxygens (including phenoxy) is 1. The first-order valence-electron chi connectivity index (χ1n) is 9.54. The fraction of sp³-hybridized carbons (Fsp3) is 0.833. The van der Waals surface area contributed by atoms with Crippen LogP contribution in [-0.2, 0) is 19.1 Å². The molecular formula is C18H32N4O5. The summed E-state index contributed by atoms with van der Waals surface area (Å²) in [7, 11) is 0. The highest BCUT2D eigenvalue weighted by molar-refractivity contribution is 6.00. The minimum absolute atomic E-state index is 0.0215. The van der Waals surface area contributed by atoms with E-state index in [2.05, 4.69) is 15.5 Å². The minimum atomic E-state index is -0.484. The average molecular weight is 384 g/mol. The Bertz CT molecular complexity index is 540. The van der Waals surface area contributed by atoms with Gasteiger partial charge >= 0.3 is 5.97 Å². The zero-order valence-electron chi connectivity index (χ0n) is 16.5. The normalized spacial score (nSPS) is 23.8. The summed E-state index contributed by atoms with van der Waals surface area (Å²) in [5, 5.41) is 15.2. The Kier molecular flexibility index (Phi) is 7.72. The second kappa shape index (κ2) is 9.59. The van der Waals surface area contributed by atoms with Gasteiger partial charge in [0.1, 0.15) is 5.60 Å². The molecule has 2 aliphatic rings. The topological polar surface area (TPSA) is 111 Å². The summed E-state index contributed by atoms with van der Waals surface area (Å²) >= 11 is 0. The number of piperazine rings is 1. The summed E-state index contributed by atoms with van der Waals surface area (Å²) in [6.07, 6.45) is 0.809. The maximum Gasteiger partial charge on any atom is 0.320 e. The van der Waals surface area contributed by atoms with Crippen molar-refractivity contribution in [2.75, 3.05) is 45.9 Å². The average Bonchev–Trinajstić information content (AvgIpc) is 2.56. The molecule has 0 aromatic rings. The lowest BCUT2D eigenvalue weighted by Crippen LogP contribution is -2.57. The summed E-state index contributed by atoms with van der Waals surface area (Å²) in [6.45, 7) is 9.15. The lowest BCUT2D eigenvalue weighted by molar-refractivity contribution is -0.156. The first-order valence-corrected chi connectivity index (χ1v) is 9.54. The Labute approximate surface area is 160 Å². The lowest BCUT2D eigenvalue weighted by Gasteiger charge is -2.39. The third-order valence-corrected chi connectivity index (χ3v) is 4.75. The molecule has 0 aromatic carbocycles. The number of nitrogens with zero attached hydrogens (tertiary/aromatic N) is 2. The number of carbonyl (C=O) groups excluding carboxylic acids is 3. The van der Waals surface area contributed by atoms with Crippen molar-refractivity contribution in [3.8, 4) is 0 Å². The number of hydrogen-bond donors (Lipinski definition) is 3. The molecule has 3 N–H and O–H groups in total. The summed E-state index contributed by atoms with van der Waals surface area (Å²) in [4.78, 5) is 39.2. The molecule has 2 saturated heterocycles. The Morgan fingerprint density at radius 3 is 2.52 bits per heavy atom. The van der Waals surface area contributed by atoms with Gasteiger partial charge in [-0.2, -0.15) is 0 Å². The third kappa shape index (κ3) is 7.17. The summed E-state index contributed by atoms with van der Waals surface area (Å²) < 4.78 is 5.35. The van der Waals surface area contributed by atoms with Gasteiger partial charge in [0.15, 0.2) is 0 Å². The zero-order valence-corrected chi connectivity index (χ0v) is 16.5. The van der Waals surface area contributed by atoms with E-state index in [9.17, 15) is 19.5 Å². The number of carbonyl (C=O) groups is 3. The van der Waals surface area contributed by atoms with Crippen LogP contribution in [0.2, 0.25) is 0 Å². The highest BCUT2D eigenvalue weighted by Gasteiger charge is 2.29. The number of rotatable bonds is 7. The molecule has 0 aliphatic carbocycles. The van der Waals surface area contributed by atoms with Gasteiger partial charge in [0.2, 0.25) is 11.8 Å². The van der Waals surface area contributed by atoms with E-state index in [-0.39, 0.29) is 37.0 Å². The van der Waals surface area contributed by atoms with Gasteiger partial charge in [-0.15, -0.1) is 0 Å². The SMILES string of the molecule is CC(C)(C)OC(=O)CN1CCN(C(CO)CNC2CCC(=O)NC2=O)CC1. The van der Waals surface area contributed by atoms with Gasteiger partial charge in [-0.25, -0.2) is 0 Å². The van der Waals surface area contributed by atoms with Crippen molar-refractivity contribution in [2.45, 2.75) is 51.3 Å². The first-order chi connectivity index (χ1) is 12.7. The van der Waals surface area contributed by atoms with Crippen molar-refractivity contribution in [3.05, 3.63) is 0 Å². The zero-order chi connectivity index (χ0) is 20.0. The first kappa shape index (κ1) is 21.7. The molecule has 2 fully saturated rings. The Morgan fingerprint density at radius 2 is 1.96 bits per heavy atom. The molecule has 0 aromatic heterocycles. The number of aliphatic hydroxyl groups is 1. The van der Waals surface area contributed by atoms with Crippen molar-refractivity contribution in [1.82, 2.24) is 20.4 Å². The van der Waals surface area contributed by atoms with E-state index in [1.165, 1.54) is 0 Å². The van der Waals surface area contributed by atoms with Gasteiger partial charge in [0.05, 0.1) is 19.2 Å². The van der Waals surface area contributed by atoms with Crippen LogP contribution in [0.1, 0.15) is 33.6 Å². The molecule has 9 heteroatoms. The molecule has 2 atom stereocenters. The molecule has 2 amide bonds. The number of imide groups is 1. The summed E-state index contributed by atoms with van der Waals surface area (Å²) in [5.41, 5.74) is -0.484. The molecule has 27 heavy (non-hydrogen) atoms. The van der Waals surface area contributed by atoms with Crippen LogP contribution in [0.15, 0.2) is 0 Å². The number of amides is 2. The van der Waals surface area contributed by atoms with Crippen LogP contribution >= 0.6 is 0 Å². The van der Waals surface area contributed by atoms with Crippen LogP contribution in [0.4, 0.5) is 0 Å². The molecule has 0 radical (unpaired) electrons. The maximum atomic E-state index is 11.9. The van der Waals surface area contributed by atoms with Gasteiger partial charge in [-0.1, -0.05) is 0 Å². The van der Waals surface area contributed by atoms with Crippen molar-refractivity contribution in [2.24, 2.45) is 0 Å². The smallest absolute Gasteiger partial charge is 0.320 e. The van der Waals surface area contributed by atoms with E-state index in [1.807, 2.05) is 25.7 Å². The van der Waals surface area contributed by atoms with E-state index in [1.54, 1.807) is 0 Å². The molecule has 0 spiro atoms. The van der Waals surface area contributed by atoms with Crippen molar-refractivity contribution >= 4 is 17.8 Å². The number of aliphatic hydroxyl groups excluding tert-OH is 1. The van der Waals surface area contributed by atoms with Crippen molar-refractivity contribution in [3.63, 3.8) is 0 Å². The monoisotopic (exact) mass is 384 g/mol. The minimum Gasteiger partial charge on any atom is -0.459 e. The van der Waals surface area contributed by atoms with E-state index < -0.39 is 11.6 Å². The van der Waals surface area contributed by atoms with E-state index in [0.717, 1.165) is 13.1 Å². The fourth-order valence-electron chi connectivity index (χ4n) is 3.32. The number of esters is 1. The van der Waals surface area contributed by atoms with Crippen LogP contribution in [-0.4, -0.2) is 96.3 Å². The maximum absolute atomic E-state index is 11.9. The quantitative estimate of drug-likeness (QED) is 0.367. The molecule has 0 bridgehead atoms.